The molecule has 0 spiro atoms. The molecule has 1 N–H and O–H groups in total. The lowest BCUT2D eigenvalue weighted by atomic mass is 9.87. The molecule has 0 saturated heterocycles. The smallest absolute Gasteiger partial charge is 0.268 e. The zero-order valence-electron chi connectivity index (χ0n) is 15.4. The molecule has 4 rings (SSSR count). The number of hydrogen-bond acceptors (Lipinski definition) is 6. The van der Waals surface area contributed by atoms with Crippen LogP contribution in [0.25, 0.3) is 0 Å². The van der Waals surface area contributed by atoms with Crippen LogP contribution in [0.15, 0.2) is 34.7 Å². The van der Waals surface area contributed by atoms with E-state index < -0.39 is 21.8 Å². The Labute approximate surface area is 167 Å². The standard InChI is InChI=1S/C19H21N3O4S2/c1-12-5-2-3-7-15(12)21-28(25,26)16-9-8-13(27-16)11-22-18(23)14-6-4-10-20-17(14)19(22)24/h4,6,8-10,12,15,21H,2-3,5,7,11H2,1H3. The van der Waals surface area contributed by atoms with Crippen molar-refractivity contribution in [3.8, 4) is 0 Å². The number of pyridine rings is 1. The Morgan fingerprint density at radius 1 is 1.18 bits per heavy atom. The summed E-state index contributed by atoms with van der Waals surface area (Å²) in [6.45, 7) is 2.11. The first-order valence-electron chi connectivity index (χ1n) is 9.29. The summed E-state index contributed by atoms with van der Waals surface area (Å²) in [5.74, 6) is -0.540. The SMILES string of the molecule is CC1CCCCC1NS(=O)(=O)c1ccc(CN2C(=O)c3cccnc3C2=O)s1. The van der Waals surface area contributed by atoms with Gasteiger partial charge in [-0.2, -0.15) is 0 Å². The second kappa shape index (κ2) is 7.38. The van der Waals surface area contributed by atoms with Crippen molar-refractivity contribution in [2.24, 2.45) is 5.92 Å². The molecule has 7 nitrogen and oxygen atoms in total. The van der Waals surface area contributed by atoms with Crippen LogP contribution in [-0.4, -0.2) is 36.2 Å². The fourth-order valence-electron chi connectivity index (χ4n) is 3.75. The van der Waals surface area contributed by atoms with E-state index in [1.54, 1.807) is 18.2 Å². The average Bonchev–Trinajstić information content (AvgIpc) is 3.24. The highest BCUT2D eigenvalue weighted by molar-refractivity contribution is 7.91. The van der Waals surface area contributed by atoms with Gasteiger partial charge in [-0.15, -0.1) is 11.3 Å². The first-order chi connectivity index (χ1) is 13.4. The number of hydrogen-bond donors (Lipinski definition) is 1. The van der Waals surface area contributed by atoms with Gasteiger partial charge in [0.05, 0.1) is 12.1 Å². The number of aromatic nitrogens is 1. The Balaban J connectivity index is 1.49. The number of rotatable bonds is 5. The number of fused-ring (bicyclic) bond motifs is 1. The van der Waals surface area contributed by atoms with Crippen LogP contribution in [-0.2, 0) is 16.6 Å². The van der Waals surface area contributed by atoms with Gasteiger partial charge in [0.25, 0.3) is 11.8 Å². The van der Waals surface area contributed by atoms with Crippen LogP contribution in [0.2, 0.25) is 0 Å². The maximum Gasteiger partial charge on any atom is 0.280 e. The minimum atomic E-state index is -3.62. The Morgan fingerprint density at radius 3 is 2.71 bits per heavy atom. The van der Waals surface area contributed by atoms with Crippen LogP contribution in [0.3, 0.4) is 0 Å². The quantitative estimate of drug-likeness (QED) is 0.752. The van der Waals surface area contributed by atoms with Gasteiger partial charge in [0.15, 0.2) is 0 Å². The number of imide groups is 1. The fraction of sp³-hybridized carbons (Fsp3) is 0.421. The summed E-state index contributed by atoms with van der Waals surface area (Å²) in [5.41, 5.74) is 0.426. The molecule has 0 radical (unpaired) electrons. The third-order valence-corrected chi connectivity index (χ3v) is 8.42. The van der Waals surface area contributed by atoms with E-state index in [1.165, 1.54) is 12.3 Å². The Morgan fingerprint density at radius 2 is 1.96 bits per heavy atom. The maximum atomic E-state index is 12.7. The highest BCUT2D eigenvalue weighted by Crippen LogP contribution is 2.29. The van der Waals surface area contributed by atoms with E-state index in [0.717, 1.165) is 41.9 Å². The van der Waals surface area contributed by atoms with E-state index in [4.69, 9.17) is 0 Å². The van der Waals surface area contributed by atoms with Crippen LogP contribution >= 0.6 is 11.3 Å². The number of carbonyl (C=O) groups excluding carboxylic acids is 2. The predicted molar refractivity (Wildman–Crippen MR) is 105 cm³/mol. The first kappa shape index (κ1) is 19.2. The zero-order chi connectivity index (χ0) is 19.9. The van der Waals surface area contributed by atoms with Gasteiger partial charge in [0.2, 0.25) is 10.0 Å². The number of sulfonamides is 1. The number of thiophene rings is 1. The Kier molecular flexibility index (Phi) is 5.07. The lowest BCUT2D eigenvalue weighted by molar-refractivity contribution is 0.0642. The molecule has 9 heteroatoms. The summed E-state index contributed by atoms with van der Waals surface area (Å²) < 4.78 is 28.5. The number of nitrogens with one attached hydrogen (secondary N) is 1. The van der Waals surface area contributed by atoms with Gasteiger partial charge in [-0.05, 0) is 43.0 Å². The molecule has 1 saturated carbocycles. The van der Waals surface area contributed by atoms with Crippen LogP contribution in [0.1, 0.15) is 58.3 Å². The second-order valence-corrected chi connectivity index (χ2v) is 10.4. The molecule has 1 aliphatic heterocycles. The summed E-state index contributed by atoms with van der Waals surface area (Å²) in [4.78, 5) is 30.6. The van der Waals surface area contributed by atoms with Gasteiger partial charge in [0.1, 0.15) is 9.90 Å². The average molecular weight is 420 g/mol. The van der Waals surface area contributed by atoms with Crippen LogP contribution < -0.4 is 4.72 Å². The summed E-state index contributed by atoms with van der Waals surface area (Å²) >= 11 is 1.08. The van der Waals surface area contributed by atoms with Gasteiger partial charge < -0.3 is 0 Å². The van der Waals surface area contributed by atoms with Crippen molar-refractivity contribution in [3.63, 3.8) is 0 Å². The molecule has 0 bridgehead atoms. The largest absolute Gasteiger partial charge is 0.280 e. The van der Waals surface area contributed by atoms with Crippen LogP contribution in [0.5, 0.6) is 0 Å². The normalized spacial score (nSPS) is 22.5. The van der Waals surface area contributed by atoms with Crippen molar-refractivity contribution in [2.75, 3.05) is 0 Å². The molecule has 1 aliphatic carbocycles. The summed E-state index contributed by atoms with van der Waals surface area (Å²) in [7, 11) is -3.62. The molecular weight excluding hydrogens is 398 g/mol. The number of carbonyl (C=O) groups is 2. The molecule has 2 aromatic rings. The molecule has 0 aromatic carbocycles. The summed E-state index contributed by atoms with van der Waals surface area (Å²) in [5, 5.41) is 0. The highest BCUT2D eigenvalue weighted by Gasteiger charge is 2.37. The van der Waals surface area contributed by atoms with Crippen molar-refractivity contribution >= 4 is 33.2 Å². The van der Waals surface area contributed by atoms with Crippen LogP contribution in [0, 0.1) is 5.92 Å². The van der Waals surface area contributed by atoms with E-state index in [-0.39, 0.29) is 28.1 Å². The second-order valence-electron chi connectivity index (χ2n) is 7.31. The van der Waals surface area contributed by atoms with E-state index in [2.05, 4.69) is 16.6 Å². The van der Waals surface area contributed by atoms with Crippen molar-refractivity contribution in [3.05, 3.63) is 46.6 Å². The highest BCUT2D eigenvalue weighted by atomic mass is 32.2. The molecule has 148 valence electrons. The summed E-state index contributed by atoms with van der Waals surface area (Å²) in [6.07, 6.45) is 5.51. The predicted octanol–water partition coefficient (Wildman–Crippen LogP) is 2.80. The minimum Gasteiger partial charge on any atom is -0.268 e. The minimum absolute atomic E-state index is 0.0358. The van der Waals surface area contributed by atoms with Gasteiger partial charge in [0, 0.05) is 17.1 Å². The third kappa shape index (κ3) is 3.49. The van der Waals surface area contributed by atoms with E-state index >= 15 is 0 Å². The van der Waals surface area contributed by atoms with Gasteiger partial charge in [-0.25, -0.2) is 13.1 Å². The van der Waals surface area contributed by atoms with E-state index in [0.29, 0.717) is 10.8 Å². The lowest BCUT2D eigenvalue weighted by Gasteiger charge is -2.28. The Hall–Kier alpha value is -2.10. The maximum absolute atomic E-state index is 12.7. The topological polar surface area (TPSA) is 96.4 Å². The monoisotopic (exact) mass is 419 g/mol. The molecule has 2 unspecified atom stereocenters. The lowest BCUT2D eigenvalue weighted by Crippen LogP contribution is -2.40. The van der Waals surface area contributed by atoms with Crippen molar-refractivity contribution < 1.29 is 18.0 Å². The first-order valence-corrected chi connectivity index (χ1v) is 11.6. The molecule has 3 heterocycles. The molecule has 2 amide bonds. The van der Waals surface area contributed by atoms with Crippen molar-refractivity contribution in [1.82, 2.24) is 14.6 Å². The molecular formula is C19H21N3O4S2. The zero-order valence-corrected chi connectivity index (χ0v) is 17.1. The van der Waals surface area contributed by atoms with Gasteiger partial charge in [-0.3, -0.25) is 19.5 Å². The van der Waals surface area contributed by atoms with Crippen LogP contribution in [0.4, 0.5) is 0 Å². The fourth-order valence-corrected chi connectivity index (χ4v) is 6.49. The number of nitrogens with zero attached hydrogens (tertiary/aromatic N) is 2. The molecule has 1 fully saturated rings. The summed E-state index contributed by atoms with van der Waals surface area (Å²) in [6, 6.07) is 6.32. The molecule has 2 aromatic heterocycles. The third-order valence-electron chi connectivity index (χ3n) is 5.36. The van der Waals surface area contributed by atoms with Crippen molar-refractivity contribution in [2.45, 2.75) is 49.4 Å². The number of amides is 2. The van der Waals surface area contributed by atoms with E-state index in [9.17, 15) is 18.0 Å². The van der Waals surface area contributed by atoms with E-state index in [1.807, 2.05) is 0 Å². The van der Waals surface area contributed by atoms with Gasteiger partial charge in [-0.1, -0.05) is 19.8 Å². The Bertz CT molecular complexity index is 996. The van der Waals surface area contributed by atoms with Gasteiger partial charge >= 0.3 is 0 Å². The molecule has 2 aliphatic rings. The van der Waals surface area contributed by atoms with Crippen molar-refractivity contribution in [1.29, 1.82) is 0 Å². The molecule has 2 atom stereocenters. The molecule has 28 heavy (non-hydrogen) atoms.